The van der Waals surface area contributed by atoms with Gasteiger partial charge in [0.15, 0.2) is 5.16 Å². The largest absolute Gasteiger partial charge is 0.343 e. The molecule has 6 nitrogen and oxygen atoms in total. The van der Waals surface area contributed by atoms with E-state index in [1.807, 2.05) is 6.92 Å². The third-order valence-corrected chi connectivity index (χ3v) is 2.90. The van der Waals surface area contributed by atoms with Crippen LogP contribution in [0.1, 0.15) is 13.3 Å². The van der Waals surface area contributed by atoms with Crippen molar-refractivity contribution in [1.82, 2.24) is 24.7 Å². The lowest BCUT2D eigenvalue weighted by Gasteiger charge is -2.02. The summed E-state index contributed by atoms with van der Waals surface area (Å²) >= 11 is 1.12. The van der Waals surface area contributed by atoms with Crippen molar-refractivity contribution in [3.63, 3.8) is 0 Å². The summed E-state index contributed by atoms with van der Waals surface area (Å²) in [5.41, 5.74) is -0.274. The molecule has 0 aliphatic heterocycles. The van der Waals surface area contributed by atoms with E-state index in [2.05, 4.69) is 20.2 Å². The number of H-pyrrole nitrogens is 1. The van der Waals surface area contributed by atoms with Gasteiger partial charge < -0.3 is 0 Å². The number of halogens is 1. The Bertz CT molecular complexity index is 567. The summed E-state index contributed by atoms with van der Waals surface area (Å²) in [6.07, 6.45) is 1.94. The fourth-order valence-electron chi connectivity index (χ4n) is 1.27. The van der Waals surface area contributed by atoms with Crippen LogP contribution in [0, 0.1) is 5.95 Å². The zero-order valence-corrected chi connectivity index (χ0v) is 9.87. The molecular weight excluding hydrogens is 245 g/mol. The molecule has 0 unspecified atom stereocenters. The van der Waals surface area contributed by atoms with Crippen LogP contribution in [0.4, 0.5) is 4.39 Å². The summed E-state index contributed by atoms with van der Waals surface area (Å²) in [5, 5.41) is 7.10. The van der Waals surface area contributed by atoms with Gasteiger partial charge in [0.05, 0.1) is 0 Å². The molecule has 0 aromatic carbocycles. The van der Waals surface area contributed by atoms with Crippen molar-refractivity contribution < 1.29 is 4.39 Å². The number of rotatable bonds is 4. The minimum atomic E-state index is -0.609. The lowest BCUT2D eigenvalue weighted by molar-refractivity contribution is 0.571. The molecule has 0 bridgehead atoms. The Morgan fingerprint density at radius 1 is 1.53 bits per heavy atom. The van der Waals surface area contributed by atoms with Gasteiger partial charge in [-0.15, -0.1) is 5.10 Å². The van der Waals surface area contributed by atoms with Crippen LogP contribution in [0.15, 0.2) is 27.4 Å². The third kappa shape index (κ3) is 2.70. The predicted molar refractivity (Wildman–Crippen MR) is 59.3 cm³/mol. The van der Waals surface area contributed by atoms with Gasteiger partial charge in [-0.1, -0.05) is 6.92 Å². The Kier molecular flexibility index (Phi) is 3.52. The van der Waals surface area contributed by atoms with Crippen molar-refractivity contribution in [1.29, 1.82) is 0 Å². The van der Waals surface area contributed by atoms with Crippen LogP contribution >= 0.6 is 11.8 Å². The van der Waals surface area contributed by atoms with Gasteiger partial charge in [0.2, 0.25) is 5.95 Å². The Labute approximate surface area is 100 Å². The van der Waals surface area contributed by atoms with Crippen LogP contribution in [-0.2, 0) is 6.54 Å². The Hall–Kier alpha value is -1.70. The van der Waals surface area contributed by atoms with E-state index in [-0.39, 0.29) is 5.69 Å². The van der Waals surface area contributed by atoms with Gasteiger partial charge in [-0.2, -0.15) is 4.39 Å². The van der Waals surface area contributed by atoms with Gasteiger partial charge in [0.1, 0.15) is 11.4 Å². The van der Waals surface area contributed by atoms with Crippen LogP contribution < -0.4 is 5.69 Å². The first-order valence-corrected chi connectivity index (χ1v) is 5.83. The minimum Gasteiger partial charge on any atom is -0.270 e. The summed E-state index contributed by atoms with van der Waals surface area (Å²) in [6, 6.07) is 1.19. The number of nitrogens with one attached hydrogen (secondary N) is 1. The van der Waals surface area contributed by atoms with E-state index in [1.165, 1.54) is 10.6 Å². The molecule has 2 aromatic rings. The summed E-state index contributed by atoms with van der Waals surface area (Å²) in [5.74, 6) is -0.609. The monoisotopic (exact) mass is 255 g/mol. The van der Waals surface area contributed by atoms with Crippen molar-refractivity contribution in [2.24, 2.45) is 0 Å². The van der Waals surface area contributed by atoms with Crippen LogP contribution in [-0.4, -0.2) is 24.7 Å². The Morgan fingerprint density at radius 2 is 2.35 bits per heavy atom. The van der Waals surface area contributed by atoms with E-state index in [0.717, 1.165) is 24.5 Å². The van der Waals surface area contributed by atoms with E-state index in [1.54, 1.807) is 0 Å². The summed E-state index contributed by atoms with van der Waals surface area (Å²) in [7, 11) is 0. The predicted octanol–water partition coefficient (Wildman–Crippen LogP) is 1.06. The van der Waals surface area contributed by atoms with Gasteiger partial charge in [0, 0.05) is 12.6 Å². The molecule has 0 aliphatic rings. The third-order valence-electron chi connectivity index (χ3n) is 1.97. The number of aromatic amines is 1. The zero-order valence-electron chi connectivity index (χ0n) is 9.05. The van der Waals surface area contributed by atoms with Gasteiger partial charge >= 0.3 is 5.69 Å². The van der Waals surface area contributed by atoms with Crippen LogP contribution in [0.5, 0.6) is 0 Å². The molecule has 2 heterocycles. The van der Waals surface area contributed by atoms with E-state index >= 15 is 0 Å². The molecule has 0 aliphatic carbocycles. The molecule has 0 fully saturated rings. The van der Waals surface area contributed by atoms with E-state index in [0.29, 0.717) is 16.7 Å². The van der Waals surface area contributed by atoms with Crippen LogP contribution in [0.25, 0.3) is 0 Å². The molecule has 8 heteroatoms. The molecule has 0 amide bonds. The normalized spacial score (nSPS) is 10.7. The maximum Gasteiger partial charge on any atom is 0.343 e. The maximum atomic E-state index is 12.9. The molecule has 2 rings (SSSR count). The molecule has 17 heavy (non-hydrogen) atoms. The maximum absolute atomic E-state index is 12.9. The van der Waals surface area contributed by atoms with E-state index in [4.69, 9.17) is 0 Å². The quantitative estimate of drug-likeness (QED) is 0.827. The average Bonchev–Trinajstić information content (AvgIpc) is 2.62. The molecule has 0 atom stereocenters. The highest BCUT2D eigenvalue weighted by Crippen LogP contribution is 2.22. The van der Waals surface area contributed by atoms with Gasteiger partial charge in [-0.25, -0.2) is 19.9 Å². The second-order valence-electron chi connectivity index (χ2n) is 3.24. The van der Waals surface area contributed by atoms with Crippen LogP contribution in [0.2, 0.25) is 0 Å². The fourth-order valence-corrected chi connectivity index (χ4v) is 2.09. The second-order valence-corrected chi connectivity index (χ2v) is 4.23. The van der Waals surface area contributed by atoms with Crippen molar-refractivity contribution >= 4 is 11.8 Å². The molecule has 2 aromatic heterocycles. The highest BCUT2D eigenvalue weighted by molar-refractivity contribution is 7.99. The molecule has 0 radical (unpaired) electrons. The number of hydrogen-bond acceptors (Lipinski definition) is 5. The molecule has 90 valence electrons. The standard InChI is InChI=1S/C9H10FN5OS/c1-2-3-15-8(16)13-14-9(15)17-7-4-6(10)11-5-12-7/h4-5H,2-3H2,1H3,(H,13,16). The number of hydrogen-bond donors (Lipinski definition) is 1. The van der Waals surface area contributed by atoms with Crippen LogP contribution in [0.3, 0.4) is 0 Å². The Morgan fingerprint density at radius 3 is 3.06 bits per heavy atom. The van der Waals surface area contributed by atoms with Crippen molar-refractivity contribution in [2.75, 3.05) is 0 Å². The average molecular weight is 255 g/mol. The topological polar surface area (TPSA) is 76.5 Å². The summed E-state index contributed by atoms with van der Waals surface area (Å²) in [6.45, 7) is 2.52. The van der Waals surface area contributed by atoms with Gasteiger partial charge in [-0.05, 0) is 18.2 Å². The summed E-state index contributed by atoms with van der Waals surface area (Å²) in [4.78, 5) is 18.7. The lowest BCUT2D eigenvalue weighted by atomic mass is 10.5. The first-order chi connectivity index (χ1) is 8.20. The zero-order chi connectivity index (χ0) is 12.3. The number of nitrogens with zero attached hydrogens (tertiary/aromatic N) is 4. The first kappa shape index (κ1) is 11.8. The highest BCUT2D eigenvalue weighted by Gasteiger charge is 2.10. The lowest BCUT2D eigenvalue weighted by Crippen LogP contribution is -2.17. The van der Waals surface area contributed by atoms with Gasteiger partial charge in [0.25, 0.3) is 0 Å². The molecule has 0 spiro atoms. The molecule has 0 saturated heterocycles. The highest BCUT2D eigenvalue weighted by atomic mass is 32.2. The fraction of sp³-hybridized carbons (Fsp3) is 0.333. The molecule has 0 saturated carbocycles. The first-order valence-electron chi connectivity index (χ1n) is 5.01. The van der Waals surface area contributed by atoms with Gasteiger partial charge in [-0.3, -0.25) is 4.57 Å². The molecule has 1 N–H and O–H groups in total. The minimum absolute atomic E-state index is 0.274. The summed E-state index contributed by atoms with van der Waals surface area (Å²) < 4.78 is 14.4. The second kappa shape index (κ2) is 5.09. The number of aromatic nitrogens is 5. The van der Waals surface area contributed by atoms with E-state index in [9.17, 15) is 9.18 Å². The SMILES string of the molecule is CCCn1c(Sc2cc(F)ncn2)n[nH]c1=O. The van der Waals surface area contributed by atoms with Crippen molar-refractivity contribution in [3.8, 4) is 0 Å². The Balaban J connectivity index is 2.27. The van der Waals surface area contributed by atoms with Crippen molar-refractivity contribution in [3.05, 3.63) is 28.8 Å². The smallest absolute Gasteiger partial charge is 0.270 e. The molecular formula is C9H10FN5OS. The van der Waals surface area contributed by atoms with Crippen molar-refractivity contribution in [2.45, 2.75) is 30.1 Å². The van der Waals surface area contributed by atoms with E-state index < -0.39 is 5.95 Å².